The summed E-state index contributed by atoms with van der Waals surface area (Å²) in [6.45, 7) is 3.57. The number of aryl methyl sites for hydroxylation is 1. The summed E-state index contributed by atoms with van der Waals surface area (Å²) in [6.07, 6.45) is 0.270. The van der Waals surface area contributed by atoms with Crippen molar-refractivity contribution < 1.29 is 14.1 Å². The van der Waals surface area contributed by atoms with E-state index in [1.807, 2.05) is 43.3 Å². The average Bonchev–Trinajstić information content (AvgIpc) is 3.09. The Morgan fingerprint density at radius 1 is 1.10 bits per heavy atom. The molecule has 150 valence electrons. The SMILES string of the molecule is Cc1cc(NC(=O)C(C)Sc2ccc(NC(=O)Cc3ccc(Cl)cc3)cc2)no1. The first-order valence-electron chi connectivity index (χ1n) is 8.94. The number of thioether (sulfide) groups is 1. The third-order valence-corrected chi connectivity index (χ3v) is 5.34. The fourth-order valence-electron chi connectivity index (χ4n) is 2.52. The predicted molar refractivity (Wildman–Crippen MR) is 115 cm³/mol. The molecule has 0 saturated heterocycles. The van der Waals surface area contributed by atoms with Gasteiger partial charge in [0.25, 0.3) is 0 Å². The van der Waals surface area contributed by atoms with Gasteiger partial charge in [-0.05, 0) is 55.8 Å². The predicted octanol–water partition coefficient (Wildman–Crippen LogP) is 4.94. The van der Waals surface area contributed by atoms with Crippen LogP contribution in [0.15, 0.2) is 64.0 Å². The highest BCUT2D eigenvalue weighted by Gasteiger charge is 2.16. The molecule has 0 radical (unpaired) electrons. The molecule has 0 bridgehead atoms. The van der Waals surface area contributed by atoms with Gasteiger partial charge < -0.3 is 15.2 Å². The molecule has 1 heterocycles. The number of amides is 2. The highest BCUT2D eigenvalue weighted by Crippen LogP contribution is 2.25. The first-order chi connectivity index (χ1) is 13.9. The van der Waals surface area contributed by atoms with Crippen LogP contribution in [0.4, 0.5) is 11.5 Å². The van der Waals surface area contributed by atoms with Crippen molar-refractivity contribution >= 4 is 46.7 Å². The minimum Gasteiger partial charge on any atom is -0.360 e. The Kier molecular flexibility index (Phi) is 6.95. The molecule has 8 heteroatoms. The van der Waals surface area contributed by atoms with Crippen molar-refractivity contribution in [2.75, 3.05) is 10.6 Å². The number of anilines is 2. The second-order valence-electron chi connectivity index (χ2n) is 6.45. The summed E-state index contributed by atoms with van der Waals surface area (Å²) in [5, 5.41) is 9.65. The van der Waals surface area contributed by atoms with E-state index in [-0.39, 0.29) is 23.5 Å². The van der Waals surface area contributed by atoms with Gasteiger partial charge in [-0.3, -0.25) is 9.59 Å². The lowest BCUT2D eigenvalue weighted by atomic mass is 10.1. The maximum Gasteiger partial charge on any atom is 0.238 e. The molecule has 29 heavy (non-hydrogen) atoms. The van der Waals surface area contributed by atoms with Crippen LogP contribution < -0.4 is 10.6 Å². The number of halogens is 1. The van der Waals surface area contributed by atoms with Gasteiger partial charge >= 0.3 is 0 Å². The Balaban J connectivity index is 1.50. The van der Waals surface area contributed by atoms with Crippen LogP contribution in [0.3, 0.4) is 0 Å². The smallest absolute Gasteiger partial charge is 0.238 e. The van der Waals surface area contributed by atoms with Crippen LogP contribution in [0, 0.1) is 6.92 Å². The number of benzene rings is 2. The lowest BCUT2D eigenvalue weighted by Crippen LogP contribution is -2.22. The molecule has 0 aliphatic carbocycles. The van der Waals surface area contributed by atoms with Crippen LogP contribution in [-0.4, -0.2) is 22.2 Å². The Labute approximate surface area is 178 Å². The van der Waals surface area contributed by atoms with Crippen LogP contribution in [0.5, 0.6) is 0 Å². The summed E-state index contributed by atoms with van der Waals surface area (Å²) >= 11 is 7.27. The Hall–Kier alpha value is -2.77. The molecule has 2 N–H and O–H groups in total. The molecule has 3 rings (SSSR count). The van der Waals surface area contributed by atoms with Crippen molar-refractivity contribution in [3.63, 3.8) is 0 Å². The van der Waals surface area contributed by atoms with E-state index in [0.29, 0.717) is 22.3 Å². The summed E-state index contributed by atoms with van der Waals surface area (Å²) in [6, 6.07) is 16.2. The quantitative estimate of drug-likeness (QED) is 0.520. The highest BCUT2D eigenvalue weighted by atomic mass is 35.5. The third kappa shape index (κ3) is 6.37. The van der Waals surface area contributed by atoms with E-state index in [1.54, 1.807) is 25.1 Å². The van der Waals surface area contributed by atoms with E-state index in [2.05, 4.69) is 15.8 Å². The zero-order valence-corrected chi connectivity index (χ0v) is 17.5. The van der Waals surface area contributed by atoms with Crippen LogP contribution in [0.25, 0.3) is 0 Å². The van der Waals surface area contributed by atoms with Gasteiger partial charge in [0.1, 0.15) is 5.76 Å². The number of carbonyl (C=O) groups excluding carboxylic acids is 2. The van der Waals surface area contributed by atoms with Gasteiger partial charge in [-0.2, -0.15) is 0 Å². The fraction of sp³-hybridized carbons (Fsp3) is 0.190. The first kappa shape index (κ1) is 21.0. The summed E-state index contributed by atoms with van der Waals surface area (Å²) in [5.74, 6) is 0.764. The van der Waals surface area contributed by atoms with Crippen molar-refractivity contribution in [3.05, 3.63) is 70.9 Å². The Bertz CT molecular complexity index is 987. The van der Waals surface area contributed by atoms with Crippen molar-refractivity contribution in [1.82, 2.24) is 5.16 Å². The van der Waals surface area contributed by atoms with Crippen LogP contribution in [0.2, 0.25) is 5.02 Å². The molecule has 1 aromatic heterocycles. The van der Waals surface area contributed by atoms with E-state index in [4.69, 9.17) is 16.1 Å². The van der Waals surface area contributed by atoms with Gasteiger partial charge in [-0.15, -0.1) is 11.8 Å². The molecule has 0 saturated carbocycles. The zero-order chi connectivity index (χ0) is 20.8. The van der Waals surface area contributed by atoms with Gasteiger partial charge in [0.05, 0.1) is 11.7 Å². The van der Waals surface area contributed by atoms with E-state index < -0.39 is 0 Å². The van der Waals surface area contributed by atoms with Crippen molar-refractivity contribution in [2.24, 2.45) is 0 Å². The Morgan fingerprint density at radius 2 is 1.79 bits per heavy atom. The monoisotopic (exact) mass is 429 g/mol. The Morgan fingerprint density at radius 3 is 2.41 bits per heavy atom. The molecule has 0 spiro atoms. The molecule has 6 nitrogen and oxygen atoms in total. The van der Waals surface area contributed by atoms with Crippen LogP contribution in [-0.2, 0) is 16.0 Å². The van der Waals surface area contributed by atoms with Gasteiger partial charge in [-0.1, -0.05) is 28.9 Å². The molecular weight excluding hydrogens is 410 g/mol. The molecule has 1 atom stereocenters. The molecule has 1 unspecified atom stereocenters. The van der Waals surface area contributed by atoms with Crippen LogP contribution >= 0.6 is 23.4 Å². The number of hydrogen-bond donors (Lipinski definition) is 2. The van der Waals surface area contributed by atoms with Crippen LogP contribution in [0.1, 0.15) is 18.2 Å². The van der Waals surface area contributed by atoms with Gasteiger partial charge in [0.2, 0.25) is 11.8 Å². The second-order valence-corrected chi connectivity index (χ2v) is 8.30. The van der Waals surface area contributed by atoms with Gasteiger partial charge in [0, 0.05) is 21.7 Å². The summed E-state index contributed by atoms with van der Waals surface area (Å²) in [7, 11) is 0. The normalized spacial score (nSPS) is 11.7. The number of hydrogen-bond acceptors (Lipinski definition) is 5. The minimum atomic E-state index is -0.322. The maximum absolute atomic E-state index is 12.3. The number of aromatic nitrogens is 1. The summed E-state index contributed by atoms with van der Waals surface area (Å²) in [5.41, 5.74) is 1.59. The van der Waals surface area contributed by atoms with Crippen molar-refractivity contribution in [1.29, 1.82) is 0 Å². The lowest BCUT2D eigenvalue weighted by molar-refractivity contribution is -0.116. The highest BCUT2D eigenvalue weighted by molar-refractivity contribution is 8.00. The van der Waals surface area contributed by atoms with Gasteiger partial charge in [0.15, 0.2) is 5.82 Å². The molecule has 3 aromatic rings. The largest absolute Gasteiger partial charge is 0.360 e. The number of nitrogens with one attached hydrogen (secondary N) is 2. The molecule has 2 amide bonds. The molecular formula is C21H20ClN3O3S. The summed E-state index contributed by atoms with van der Waals surface area (Å²) in [4.78, 5) is 25.3. The van der Waals surface area contributed by atoms with Gasteiger partial charge in [-0.25, -0.2) is 0 Å². The lowest BCUT2D eigenvalue weighted by Gasteiger charge is -2.11. The average molecular weight is 430 g/mol. The minimum absolute atomic E-state index is 0.108. The number of rotatable bonds is 7. The van der Waals surface area contributed by atoms with Crippen molar-refractivity contribution in [2.45, 2.75) is 30.4 Å². The topological polar surface area (TPSA) is 84.2 Å². The van der Waals surface area contributed by atoms with Crippen molar-refractivity contribution in [3.8, 4) is 0 Å². The first-order valence-corrected chi connectivity index (χ1v) is 10.2. The van der Waals surface area contributed by atoms with E-state index in [0.717, 1.165) is 10.5 Å². The second kappa shape index (κ2) is 9.62. The third-order valence-electron chi connectivity index (χ3n) is 3.98. The molecule has 2 aromatic carbocycles. The van der Waals surface area contributed by atoms with E-state index >= 15 is 0 Å². The molecule has 0 aliphatic rings. The molecule has 0 aliphatic heterocycles. The summed E-state index contributed by atoms with van der Waals surface area (Å²) < 4.78 is 4.94. The van der Waals surface area contributed by atoms with E-state index in [1.165, 1.54) is 11.8 Å². The number of nitrogens with zero attached hydrogens (tertiary/aromatic N) is 1. The number of carbonyl (C=O) groups is 2. The van der Waals surface area contributed by atoms with E-state index in [9.17, 15) is 9.59 Å². The fourth-order valence-corrected chi connectivity index (χ4v) is 3.51. The molecule has 0 fully saturated rings. The standard InChI is InChI=1S/C21H20ClN3O3S/c1-13-11-19(25-28-13)24-21(27)14(2)29-18-9-7-17(8-10-18)23-20(26)12-15-3-5-16(22)6-4-15/h3-11,14H,12H2,1-2H3,(H,23,26)(H,24,25,27). The zero-order valence-electron chi connectivity index (χ0n) is 15.9. The maximum atomic E-state index is 12.3.